The molecule has 35 heavy (non-hydrogen) atoms. The quantitative estimate of drug-likeness (QED) is 0.548. The van der Waals surface area contributed by atoms with Gasteiger partial charge < -0.3 is 19.4 Å². The topological polar surface area (TPSA) is 105 Å². The molecule has 0 saturated carbocycles. The zero-order chi connectivity index (χ0) is 25.0. The highest BCUT2D eigenvalue weighted by Gasteiger charge is 2.55. The van der Waals surface area contributed by atoms with Crippen LogP contribution in [-0.4, -0.2) is 58.4 Å². The fourth-order valence-electron chi connectivity index (χ4n) is 5.05. The first-order valence-corrected chi connectivity index (χ1v) is 12.2. The zero-order valence-corrected chi connectivity index (χ0v) is 20.7. The minimum atomic E-state index is -0.957. The van der Waals surface area contributed by atoms with E-state index in [-0.39, 0.29) is 36.1 Å². The summed E-state index contributed by atoms with van der Waals surface area (Å²) in [6.45, 7) is 5.68. The molecule has 0 spiro atoms. The van der Waals surface area contributed by atoms with E-state index in [0.29, 0.717) is 56.3 Å². The molecule has 4 rings (SSSR count). The van der Waals surface area contributed by atoms with Crippen LogP contribution < -0.4 is 5.32 Å². The van der Waals surface area contributed by atoms with E-state index in [9.17, 15) is 14.4 Å². The monoisotopic (exact) mass is 482 g/mol. The standard InChI is InChI=1S/C26H34N4O5/c1-18(2)9-12-26(24(32)30(25(33)28-26)16-20-6-4-5-13-27-20)19-10-14-29(15-11-19)23(31)22-8-7-21(35-22)17-34-3/h4-8,13,18-19H,9-12,14-17H2,1-3H3,(H,28,33). The minimum Gasteiger partial charge on any atom is -0.453 e. The molecule has 1 atom stereocenters. The van der Waals surface area contributed by atoms with E-state index in [1.165, 1.54) is 4.90 Å². The summed E-state index contributed by atoms with van der Waals surface area (Å²) in [7, 11) is 1.57. The van der Waals surface area contributed by atoms with Gasteiger partial charge in [-0.1, -0.05) is 19.9 Å². The van der Waals surface area contributed by atoms with E-state index in [1.54, 1.807) is 36.4 Å². The van der Waals surface area contributed by atoms with Gasteiger partial charge in [0, 0.05) is 26.4 Å². The molecule has 9 heteroatoms. The maximum Gasteiger partial charge on any atom is 0.325 e. The molecule has 188 valence electrons. The first-order valence-electron chi connectivity index (χ1n) is 12.2. The number of urea groups is 1. The second kappa shape index (κ2) is 10.6. The van der Waals surface area contributed by atoms with Crippen LogP contribution in [0.1, 0.15) is 61.5 Å². The predicted molar refractivity (Wildman–Crippen MR) is 128 cm³/mol. The number of pyridine rings is 1. The van der Waals surface area contributed by atoms with Crippen LogP contribution in [0.2, 0.25) is 0 Å². The summed E-state index contributed by atoms with van der Waals surface area (Å²) in [6.07, 6.45) is 4.30. The molecule has 1 unspecified atom stereocenters. The maximum atomic E-state index is 13.8. The molecule has 0 aliphatic carbocycles. The number of amides is 4. The van der Waals surface area contributed by atoms with E-state index in [1.807, 2.05) is 12.1 Å². The van der Waals surface area contributed by atoms with Gasteiger partial charge in [0.05, 0.1) is 12.2 Å². The molecule has 2 saturated heterocycles. The number of piperidine rings is 1. The molecular formula is C26H34N4O5. The Bertz CT molecular complexity index is 1050. The van der Waals surface area contributed by atoms with Crippen molar-refractivity contribution in [2.24, 2.45) is 11.8 Å². The summed E-state index contributed by atoms with van der Waals surface area (Å²) in [5.74, 6) is 0.872. The number of carbonyl (C=O) groups is 3. The fraction of sp³-hybridized carbons (Fsp3) is 0.538. The summed E-state index contributed by atoms with van der Waals surface area (Å²) in [6, 6.07) is 8.50. The van der Waals surface area contributed by atoms with Crippen LogP contribution in [0.15, 0.2) is 40.9 Å². The predicted octanol–water partition coefficient (Wildman–Crippen LogP) is 3.60. The Labute approximate surface area is 205 Å². The van der Waals surface area contributed by atoms with E-state index >= 15 is 0 Å². The Morgan fingerprint density at radius 3 is 2.66 bits per heavy atom. The molecule has 4 heterocycles. The Hall–Kier alpha value is -3.20. The molecule has 2 fully saturated rings. The largest absolute Gasteiger partial charge is 0.453 e. The normalized spacial score (nSPS) is 21.1. The molecule has 2 aromatic heterocycles. The summed E-state index contributed by atoms with van der Waals surface area (Å²) >= 11 is 0. The summed E-state index contributed by atoms with van der Waals surface area (Å²) in [5, 5.41) is 3.08. The summed E-state index contributed by atoms with van der Waals surface area (Å²) in [5.41, 5.74) is -0.288. The number of furan rings is 1. The van der Waals surface area contributed by atoms with Gasteiger partial charge in [0.2, 0.25) is 0 Å². The number of carbonyl (C=O) groups excluding carboxylic acids is 3. The molecule has 2 aliphatic rings. The minimum absolute atomic E-state index is 0.0591. The number of hydrogen-bond acceptors (Lipinski definition) is 6. The van der Waals surface area contributed by atoms with Crippen molar-refractivity contribution in [1.82, 2.24) is 20.1 Å². The number of methoxy groups -OCH3 is 1. The van der Waals surface area contributed by atoms with Crippen LogP contribution in [-0.2, 0) is 22.7 Å². The third kappa shape index (κ3) is 5.24. The van der Waals surface area contributed by atoms with E-state index in [2.05, 4.69) is 24.1 Å². The maximum absolute atomic E-state index is 13.8. The van der Waals surface area contributed by atoms with Gasteiger partial charge in [-0.2, -0.15) is 0 Å². The summed E-state index contributed by atoms with van der Waals surface area (Å²) in [4.78, 5) is 47.0. The number of likely N-dealkylation sites (tertiary alicyclic amines) is 1. The van der Waals surface area contributed by atoms with Crippen molar-refractivity contribution in [3.63, 3.8) is 0 Å². The molecule has 9 nitrogen and oxygen atoms in total. The first-order chi connectivity index (χ1) is 16.8. The van der Waals surface area contributed by atoms with Crippen LogP contribution in [0, 0.1) is 11.8 Å². The van der Waals surface area contributed by atoms with Gasteiger partial charge in [0.1, 0.15) is 17.9 Å². The van der Waals surface area contributed by atoms with E-state index in [4.69, 9.17) is 9.15 Å². The van der Waals surface area contributed by atoms with Gasteiger partial charge in [-0.05, 0) is 61.8 Å². The lowest BCUT2D eigenvalue weighted by Crippen LogP contribution is -2.56. The van der Waals surface area contributed by atoms with Crippen molar-refractivity contribution in [2.75, 3.05) is 20.2 Å². The van der Waals surface area contributed by atoms with Gasteiger partial charge in [-0.25, -0.2) is 4.79 Å². The Balaban J connectivity index is 1.48. The molecular weight excluding hydrogens is 448 g/mol. The average Bonchev–Trinajstić information content (AvgIpc) is 3.42. The van der Waals surface area contributed by atoms with Gasteiger partial charge in [0.25, 0.3) is 11.8 Å². The van der Waals surface area contributed by atoms with Crippen LogP contribution in [0.3, 0.4) is 0 Å². The lowest BCUT2D eigenvalue weighted by Gasteiger charge is -2.41. The number of hydrogen-bond donors (Lipinski definition) is 1. The molecule has 0 bridgehead atoms. The van der Waals surface area contributed by atoms with Crippen molar-refractivity contribution in [3.05, 3.63) is 53.7 Å². The number of imide groups is 1. The van der Waals surface area contributed by atoms with Crippen LogP contribution >= 0.6 is 0 Å². The van der Waals surface area contributed by atoms with Crippen molar-refractivity contribution in [2.45, 2.75) is 58.2 Å². The van der Waals surface area contributed by atoms with Gasteiger partial charge >= 0.3 is 6.03 Å². The molecule has 2 aromatic rings. The lowest BCUT2D eigenvalue weighted by atomic mass is 9.73. The second-order valence-corrected chi connectivity index (χ2v) is 9.81. The number of aromatic nitrogens is 1. The summed E-state index contributed by atoms with van der Waals surface area (Å²) < 4.78 is 10.7. The van der Waals surface area contributed by atoms with Crippen molar-refractivity contribution < 1.29 is 23.5 Å². The number of nitrogens with zero attached hydrogens (tertiary/aromatic N) is 3. The molecule has 0 aromatic carbocycles. The van der Waals surface area contributed by atoms with Gasteiger partial charge in [0.15, 0.2) is 5.76 Å². The third-order valence-corrected chi connectivity index (χ3v) is 7.00. The highest BCUT2D eigenvalue weighted by atomic mass is 16.5. The highest BCUT2D eigenvalue weighted by molar-refractivity contribution is 6.07. The van der Waals surface area contributed by atoms with Crippen molar-refractivity contribution >= 4 is 17.8 Å². The van der Waals surface area contributed by atoms with E-state index < -0.39 is 5.54 Å². The van der Waals surface area contributed by atoms with Crippen LogP contribution in [0.25, 0.3) is 0 Å². The fourth-order valence-corrected chi connectivity index (χ4v) is 5.05. The molecule has 1 N–H and O–H groups in total. The zero-order valence-electron chi connectivity index (χ0n) is 20.7. The van der Waals surface area contributed by atoms with Crippen LogP contribution in [0.4, 0.5) is 4.79 Å². The van der Waals surface area contributed by atoms with E-state index in [0.717, 1.165) is 6.42 Å². The molecule has 4 amide bonds. The number of nitrogens with one attached hydrogen (secondary N) is 1. The number of rotatable bonds is 9. The first kappa shape index (κ1) is 24.9. The third-order valence-electron chi connectivity index (χ3n) is 7.00. The second-order valence-electron chi connectivity index (χ2n) is 9.81. The SMILES string of the molecule is COCc1ccc(C(=O)N2CCC(C3(CCC(C)C)NC(=O)N(Cc4ccccn4)C3=O)CC2)o1. The van der Waals surface area contributed by atoms with Crippen LogP contribution in [0.5, 0.6) is 0 Å². The number of ether oxygens (including phenoxy) is 1. The molecule has 2 aliphatic heterocycles. The highest BCUT2D eigenvalue weighted by Crippen LogP contribution is 2.38. The Kier molecular flexibility index (Phi) is 7.54. The smallest absolute Gasteiger partial charge is 0.325 e. The van der Waals surface area contributed by atoms with Crippen molar-refractivity contribution in [1.29, 1.82) is 0 Å². The molecule has 0 radical (unpaired) electrons. The lowest BCUT2D eigenvalue weighted by molar-refractivity contribution is -0.134. The Morgan fingerprint density at radius 2 is 2.00 bits per heavy atom. The Morgan fingerprint density at radius 1 is 1.23 bits per heavy atom. The van der Waals surface area contributed by atoms with Gasteiger partial charge in [-0.15, -0.1) is 0 Å². The van der Waals surface area contributed by atoms with Gasteiger partial charge in [-0.3, -0.25) is 19.5 Å². The average molecular weight is 483 g/mol. The van der Waals surface area contributed by atoms with Crippen molar-refractivity contribution in [3.8, 4) is 0 Å².